The second kappa shape index (κ2) is 33.3. The molecule has 8 N–H and O–H groups in total. The van der Waals surface area contributed by atoms with E-state index < -0.39 is 124 Å². The number of carbonyl (C=O) groups excluding carboxylic acids is 4. The number of piperazine rings is 2. The average Bonchev–Trinajstić information content (AvgIpc) is 1.65. The van der Waals surface area contributed by atoms with Gasteiger partial charge >= 0.3 is 0 Å². The van der Waals surface area contributed by atoms with Gasteiger partial charge in [-0.2, -0.15) is 17.6 Å². The number of anilines is 4. The number of fused-ring (bicyclic) bond motifs is 4. The molecule has 0 radical (unpaired) electrons. The van der Waals surface area contributed by atoms with E-state index in [9.17, 15) is 48.5 Å². The summed E-state index contributed by atoms with van der Waals surface area (Å²) >= 11 is 12.6. The van der Waals surface area contributed by atoms with Crippen LogP contribution in [0.2, 0.25) is 35.7 Å². The molecule has 6 aromatic heterocycles. The third-order valence-electron chi connectivity index (χ3n) is 20.9. The summed E-state index contributed by atoms with van der Waals surface area (Å²) in [5.74, 6) is -11.4. The number of rotatable bonds is 24. The zero-order valence-electron chi connectivity index (χ0n) is 64.6. The van der Waals surface area contributed by atoms with Gasteiger partial charge in [-0.3, -0.25) is 47.7 Å². The fourth-order valence-corrected chi connectivity index (χ4v) is 16.7. The number of phenols is 1. The molecule has 608 valence electrons. The molecular weight excluding hydrogens is 1540 g/mol. The van der Waals surface area contributed by atoms with Crippen molar-refractivity contribution in [3.8, 4) is 33.8 Å². The van der Waals surface area contributed by atoms with Crippen LogP contribution in [0.1, 0.15) is 100 Å². The Bertz CT molecular complexity index is 5180. The zero-order chi connectivity index (χ0) is 81.8. The number of halogens is 8. The summed E-state index contributed by atoms with van der Waals surface area (Å²) in [6, 6.07) is 5.46. The number of pyridine rings is 2. The monoisotopic (exact) mass is 1630 g/mol. The van der Waals surface area contributed by atoms with E-state index in [-0.39, 0.29) is 110 Å². The standard InChI is InChI=1S/C45H60ClF3N8O5Si.C32H34ClF3N8O6/c1-26-19-54(20-27-23-61-24-27)13-14-56(26)33-18-31(36(46)40(49)51-33)50-34(58)22-55-21-30(35-41(55)52-32-11-10-12-57(32)43(35)60)28-17-29(42(59)53-45(5,6)25-44(2,3)4)39(38(48)37(28)47)62-15-16-63(7,8)9;1-15-9-41(10-16(13-45)14-46)5-6-43(15)22-8-20(25(33)29(36)39-22)38-23(47)12-42-11-19(17-7-18(30(37)49)28(48)27(35)26(17)34)24-31(42)40-21-3-2-4-44(21)32(24)50/h17-18,21,26-27H,10-16,19-20,22-25H2,1-9H3,(H,53,59)(H,50,51,58);7-8,11,15-16,45-46,48H,2-6,9-10,12-14H2,1H3,(H2,37,49)(H,38,39,47)/t26-;15-/m00/s1. The van der Waals surface area contributed by atoms with Gasteiger partial charge in [0.1, 0.15) is 57.7 Å². The number of carbonyl (C=O) groups is 4. The number of ether oxygens (including phenoxy) is 2. The molecule has 0 spiro atoms. The molecule has 3 saturated heterocycles. The van der Waals surface area contributed by atoms with Crippen molar-refractivity contribution < 1.29 is 70.3 Å². The van der Waals surface area contributed by atoms with Crippen LogP contribution in [0.4, 0.5) is 49.4 Å². The molecule has 0 saturated carbocycles. The summed E-state index contributed by atoms with van der Waals surface area (Å²) in [5.41, 5.74) is 1.12. The van der Waals surface area contributed by atoms with Gasteiger partial charge in [0.05, 0.1) is 53.1 Å². The zero-order valence-corrected chi connectivity index (χ0v) is 67.1. The lowest BCUT2D eigenvalue weighted by molar-refractivity contribution is -0.117. The summed E-state index contributed by atoms with van der Waals surface area (Å²) in [6.07, 6.45) is 5.33. The molecular formula is C77H94Cl2F6N16O11Si. The third kappa shape index (κ3) is 18.0. The largest absolute Gasteiger partial charge is 0.504 e. The molecule has 27 nitrogen and oxygen atoms in total. The fourth-order valence-electron chi connectivity index (χ4n) is 15.7. The van der Waals surface area contributed by atoms with Crippen LogP contribution in [0.5, 0.6) is 11.5 Å². The first-order chi connectivity index (χ1) is 53.3. The Kier molecular flexibility index (Phi) is 24.6. The van der Waals surface area contributed by atoms with Gasteiger partial charge in [0.15, 0.2) is 23.1 Å². The highest BCUT2D eigenvalue weighted by Gasteiger charge is 2.37. The minimum Gasteiger partial charge on any atom is -0.504 e. The van der Waals surface area contributed by atoms with Crippen LogP contribution in [0.25, 0.3) is 44.3 Å². The van der Waals surface area contributed by atoms with E-state index in [1.54, 1.807) is 0 Å². The van der Waals surface area contributed by atoms with E-state index in [1.165, 1.54) is 48.9 Å². The minimum atomic E-state index is -1.75. The number of amides is 4. The average molecular weight is 1630 g/mol. The highest BCUT2D eigenvalue weighted by atomic mass is 35.5. The Morgan fingerprint density at radius 2 is 1.14 bits per heavy atom. The van der Waals surface area contributed by atoms with Gasteiger partial charge in [-0.1, -0.05) is 63.6 Å². The SMILES string of the molecule is C[C@H]1CN(CC(CO)CO)CCN1c1cc(NC(=O)Cn2cc(-c3cc(C(N)=O)c(O)c(F)c3F)c3c(=O)n4c(nc32)CCC4)c(Cl)c(F)n1.C[C@H]1CN(CC2COC2)CCN1c1cc(NC(=O)Cn2cc(-c3cc(C(=O)NC(C)(C)CC(C)(C)C)c(OCC[Si](C)(C)C)c(F)c3F)c3c(=O)n4c(nc32)CCC4)c(Cl)c(F)n1. The number of aliphatic hydroxyl groups is 2. The summed E-state index contributed by atoms with van der Waals surface area (Å²) < 4.78 is 110. The third-order valence-corrected chi connectivity index (χ3v) is 23.3. The predicted octanol–water partition coefficient (Wildman–Crippen LogP) is 9.57. The molecule has 11 heterocycles. The van der Waals surface area contributed by atoms with E-state index >= 15 is 22.0 Å². The van der Waals surface area contributed by atoms with Crippen molar-refractivity contribution in [1.82, 2.24) is 53.3 Å². The van der Waals surface area contributed by atoms with Crippen molar-refractivity contribution in [3.63, 3.8) is 0 Å². The molecule has 0 unspecified atom stereocenters. The number of nitrogens with two attached hydrogens (primary N) is 1. The lowest BCUT2D eigenvalue weighted by atomic mass is 9.81. The van der Waals surface area contributed by atoms with Crippen LogP contribution in [-0.2, 0) is 53.3 Å². The van der Waals surface area contributed by atoms with E-state index in [1.807, 2.05) is 58.3 Å². The first-order valence-electron chi connectivity index (χ1n) is 37.6. The number of aryl methyl sites for hydroxylation is 2. The number of hydrogen-bond acceptors (Lipinski definition) is 19. The minimum absolute atomic E-state index is 0.00103. The maximum absolute atomic E-state index is 16.6. The van der Waals surface area contributed by atoms with Gasteiger partial charge in [-0.15, -0.1) is 0 Å². The lowest BCUT2D eigenvalue weighted by Gasteiger charge is -2.42. The maximum atomic E-state index is 16.6. The first kappa shape index (κ1) is 83.3. The fraction of sp³-hybridized carbons (Fsp3) is 0.506. The maximum Gasteiger partial charge on any atom is 0.263 e. The molecule has 5 aliphatic rings. The topological polar surface area (TPSA) is 328 Å². The van der Waals surface area contributed by atoms with E-state index in [4.69, 9.17) is 43.4 Å². The van der Waals surface area contributed by atoms with Crippen molar-refractivity contribution >= 4 is 100.0 Å². The number of nitrogens with zero attached hydrogens (tertiary/aromatic N) is 12. The molecule has 0 bridgehead atoms. The highest BCUT2D eigenvalue weighted by Crippen LogP contribution is 2.41. The molecule has 4 amide bonds. The Morgan fingerprint density at radius 3 is 1.59 bits per heavy atom. The van der Waals surface area contributed by atoms with Crippen LogP contribution in [-0.4, -0.2) is 198 Å². The van der Waals surface area contributed by atoms with Crippen LogP contribution in [0.15, 0.2) is 46.2 Å². The Morgan fingerprint density at radius 1 is 0.664 bits per heavy atom. The van der Waals surface area contributed by atoms with Crippen molar-refractivity contribution in [2.45, 2.75) is 150 Å². The Hall–Kier alpha value is -9.16. The number of primary amides is 1. The number of aliphatic hydroxyl groups excluding tert-OH is 2. The van der Waals surface area contributed by atoms with Crippen LogP contribution in [0.3, 0.4) is 0 Å². The Labute approximate surface area is 658 Å². The molecule has 3 fully saturated rings. The van der Waals surface area contributed by atoms with Crippen molar-refractivity contribution in [3.05, 3.63) is 125 Å². The quantitative estimate of drug-likeness (QED) is 0.0168. The molecule has 113 heavy (non-hydrogen) atoms. The number of benzene rings is 2. The highest BCUT2D eigenvalue weighted by molar-refractivity contribution is 6.76. The van der Waals surface area contributed by atoms with Crippen LogP contribution >= 0.6 is 23.2 Å². The van der Waals surface area contributed by atoms with Gasteiger partial charge in [-0.25, -0.2) is 28.7 Å². The number of aromatic nitrogens is 8. The summed E-state index contributed by atoms with van der Waals surface area (Å²) in [5, 5.41) is 36.1. The molecule has 36 heteroatoms. The number of nitrogens with one attached hydrogen (secondary N) is 3. The normalized spacial score (nSPS) is 17.0. The van der Waals surface area contributed by atoms with Crippen molar-refractivity contribution in [2.75, 3.05) is 106 Å². The second-order valence-corrected chi connectivity index (χ2v) is 39.4. The van der Waals surface area contributed by atoms with Crippen molar-refractivity contribution in [2.24, 2.45) is 23.0 Å². The van der Waals surface area contributed by atoms with Gasteiger partial charge in [-0.05, 0) is 70.5 Å². The van der Waals surface area contributed by atoms with Gasteiger partial charge in [0, 0.05) is 176 Å². The van der Waals surface area contributed by atoms with E-state index in [0.717, 1.165) is 38.9 Å². The molecule has 2 aromatic carbocycles. The van der Waals surface area contributed by atoms with Gasteiger partial charge < -0.3 is 65.4 Å². The summed E-state index contributed by atoms with van der Waals surface area (Å²) in [7, 11) is -1.68. The smallest absolute Gasteiger partial charge is 0.263 e. The Balaban J connectivity index is 0.000000215. The van der Waals surface area contributed by atoms with Crippen LogP contribution < -0.4 is 47.3 Å². The molecule has 0 aliphatic carbocycles. The van der Waals surface area contributed by atoms with Gasteiger partial charge in [0.2, 0.25) is 35.3 Å². The molecule has 8 aromatic rings. The lowest BCUT2D eigenvalue weighted by Crippen LogP contribution is -2.54. The number of aromatic hydroxyl groups is 1. The van der Waals surface area contributed by atoms with Gasteiger partial charge in [0.25, 0.3) is 22.9 Å². The predicted molar refractivity (Wildman–Crippen MR) is 419 cm³/mol. The number of hydrogen-bond donors (Lipinski definition) is 7. The molecule has 5 aliphatic heterocycles. The summed E-state index contributed by atoms with van der Waals surface area (Å²) in [6.45, 7) is 26.1. The second-order valence-electron chi connectivity index (χ2n) is 33.0. The first-order valence-corrected chi connectivity index (χ1v) is 42.1. The van der Waals surface area contributed by atoms with E-state index in [0.29, 0.717) is 107 Å². The molecule has 13 rings (SSSR count). The summed E-state index contributed by atoms with van der Waals surface area (Å²) in [4.78, 5) is 107. The van der Waals surface area contributed by atoms with Crippen molar-refractivity contribution in [1.29, 1.82) is 0 Å². The van der Waals surface area contributed by atoms with Crippen LogP contribution in [0, 0.1) is 52.4 Å². The molecule has 2 atom stereocenters. The van der Waals surface area contributed by atoms with E-state index in [2.05, 4.69) is 60.3 Å².